The molecule has 1 aromatic carbocycles. The van der Waals surface area contributed by atoms with E-state index in [2.05, 4.69) is 42.9 Å². The monoisotopic (exact) mass is 316 g/mol. The van der Waals surface area contributed by atoms with Gasteiger partial charge in [0.1, 0.15) is 0 Å². The van der Waals surface area contributed by atoms with E-state index in [-0.39, 0.29) is 5.56 Å². The number of halogens is 2. The zero-order valence-corrected chi connectivity index (χ0v) is 9.94. The van der Waals surface area contributed by atoms with Crippen LogP contribution in [0.5, 0.6) is 0 Å². The first-order chi connectivity index (χ1) is 6.61. The number of aromatic carboxylic acids is 1. The van der Waals surface area contributed by atoms with Crippen LogP contribution >= 0.6 is 31.9 Å². The molecule has 71 valence electrons. The lowest BCUT2D eigenvalue weighted by molar-refractivity contribution is 0.0695. The first-order valence-electron chi connectivity index (χ1n) is 3.71. The Hall–Kier alpha value is -0.810. The lowest BCUT2D eigenvalue weighted by atomic mass is 10.1. The molecule has 0 aliphatic heterocycles. The summed E-state index contributed by atoms with van der Waals surface area (Å²) in [5, 5.41) is 9.70. The second-order valence-corrected chi connectivity index (χ2v) is 4.36. The first kappa shape index (κ1) is 9.73. The van der Waals surface area contributed by atoms with E-state index in [1.54, 1.807) is 12.3 Å². The molecule has 14 heavy (non-hydrogen) atoms. The molecule has 0 fully saturated rings. The number of hydrogen-bond donors (Lipinski definition) is 2. The van der Waals surface area contributed by atoms with Gasteiger partial charge in [0, 0.05) is 32.1 Å². The predicted octanol–water partition coefficient (Wildman–Crippen LogP) is 3.19. The van der Waals surface area contributed by atoms with Gasteiger partial charge in [0.2, 0.25) is 0 Å². The summed E-state index contributed by atoms with van der Waals surface area (Å²) < 4.78 is 1.08. The van der Waals surface area contributed by atoms with Crippen LogP contribution in [0.1, 0.15) is 10.4 Å². The topological polar surface area (TPSA) is 53.1 Å². The minimum atomic E-state index is -0.972. The Bertz CT molecular complexity index is 519. The summed E-state index contributed by atoms with van der Waals surface area (Å²) >= 11 is 6.46. The molecule has 0 aliphatic rings. The van der Waals surface area contributed by atoms with Crippen LogP contribution in [0.4, 0.5) is 0 Å². The molecule has 0 saturated heterocycles. The number of fused-ring (bicyclic) bond motifs is 1. The molecular weight excluding hydrogens is 314 g/mol. The third kappa shape index (κ3) is 1.36. The highest BCUT2D eigenvalue weighted by Gasteiger charge is 2.16. The van der Waals surface area contributed by atoms with Crippen molar-refractivity contribution in [2.75, 3.05) is 0 Å². The lowest BCUT2D eigenvalue weighted by Gasteiger charge is -2.03. The van der Waals surface area contributed by atoms with Crippen LogP contribution in [0.25, 0.3) is 10.9 Å². The van der Waals surface area contributed by atoms with Crippen LogP contribution in [-0.4, -0.2) is 16.1 Å². The number of carboxylic acids is 1. The molecule has 2 rings (SSSR count). The molecule has 0 bridgehead atoms. The van der Waals surface area contributed by atoms with Gasteiger partial charge in [-0.1, -0.05) is 0 Å². The smallest absolute Gasteiger partial charge is 0.338 e. The highest BCUT2D eigenvalue weighted by molar-refractivity contribution is 9.11. The number of aromatic nitrogens is 1. The molecule has 2 N–H and O–H groups in total. The van der Waals surface area contributed by atoms with Gasteiger partial charge in [-0.25, -0.2) is 4.79 Å². The van der Waals surface area contributed by atoms with Gasteiger partial charge in [-0.2, -0.15) is 0 Å². The largest absolute Gasteiger partial charge is 0.478 e. The highest BCUT2D eigenvalue weighted by Crippen LogP contribution is 2.32. The number of aromatic amines is 1. The number of rotatable bonds is 1. The summed E-state index contributed by atoms with van der Waals surface area (Å²) in [4.78, 5) is 13.9. The molecule has 0 unspecified atom stereocenters. The number of carboxylic acid groups (broad SMARTS) is 1. The molecule has 1 aromatic heterocycles. The van der Waals surface area contributed by atoms with Crippen molar-refractivity contribution in [3.8, 4) is 0 Å². The van der Waals surface area contributed by atoms with Gasteiger partial charge in [0.05, 0.1) is 5.56 Å². The van der Waals surface area contributed by atoms with Gasteiger partial charge >= 0.3 is 5.97 Å². The fourth-order valence-corrected chi connectivity index (χ4v) is 2.83. The number of H-pyrrole nitrogens is 1. The van der Waals surface area contributed by atoms with Gasteiger partial charge < -0.3 is 10.1 Å². The minimum Gasteiger partial charge on any atom is -0.478 e. The van der Waals surface area contributed by atoms with Crippen LogP contribution in [0.2, 0.25) is 0 Å². The molecule has 1 heterocycles. The number of benzene rings is 1. The fraction of sp³-hybridized carbons (Fsp3) is 0. The van der Waals surface area contributed by atoms with Gasteiger partial charge in [-0.3, -0.25) is 0 Å². The average molecular weight is 318 g/mol. The van der Waals surface area contributed by atoms with E-state index in [0.29, 0.717) is 8.95 Å². The normalized spacial score (nSPS) is 10.7. The Morgan fingerprint density at radius 3 is 2.86 bits per heavy atom. The van der Waals surface area contributed by atoms with Crippen molar-refractivity contribution < 1.29 is 9.90 Å². The van der Waals surface area contributed by atoms with E-state index in [1.165, 1.54) is 0 Å². The summed E-state index contributed by atoms with van der Waals surface area (Å²) in [5.74, 6) is -0.972. The molecule has 0 amide bonds. The van der Waals surface area contributed by atoms with Crippen molar-refractivity contribution in [3.63, 3.8) is 0 Å². The summed E-state index contributed by atoms with van der Waals surface area (Å²) in [6.07, 6.45) is 1.65. The first-order valence-corrected chi connectivity index (χ1v) is 5.30. The van der Waals surface area contributed by atoms with Crippen molar-refractivity contribution >= 4 is 48.7 Å². The van der Waals surface area contributed by atoms with Crippen molar-refractivity contribution in [2.24, 2.45) is 0 Å². The summed E-state index contributed by atoms with van der Waals surface area (Å²) in [6, 6.07) is 4.65. The molecule has 0 saturated carbocycles. The van der Waals surface area contributed by atoms with E-state index in [1.807, 2.05) is 0 Å². The predicted molar refractivity (Wildman–Crippen MR) is 59.5 cm³/mol. The lowest BCUT2D eigenvalue weighted by Crippen LogP contribution is -1.99. The second-order valence-electron chi connectivity index (χ2n) is 2.71. The van der Waals surface area contributed by atoms with Crippen LogP contribution < -0.4 is 0 Å². The molecule has 5 heteroatoms. The zero-order valence-electron chi connectivity index (χ0n) is 6.77. The second kappa shape index (κ2) is 3.40. The van der Waals surface area contributed by atoms with Crippen molar-refractivity contribution in [2.45, 2.75) is 0 Å². The minimum absolute atomic E-state index is 0.216. The molecule has 2 aromatic rings. The zero-order chi connectivity index (χ0) is 10.3. The highest BCUT2D eigenvalue weighted by atomic mass is 79.9. The number of hydrogen-bond acceptors (Lipinski definition) is 1. The maximum atomic E-state index is 10.9. The third-order valence-corrected chi connectivity index (χ3v) is 3.29. The Morgan fingerprint density at radius 1 is 1.50 bits per heavy atom. The maximum absolute atomic E-state index is 10.9. The standard InChI is InChI=1S/C9H4Br2NO2/c10-5-3-6-4(1-2-12-6)8(11)7(5)9(13)14/h2-3,12H,(H,13,14). The summed E-state index contributed by atoms with van der Waals surface area (Å²) in [6.45, 7) is 0. The van der Waals surface area contributed by atoms with Crippen LogP contribution in [-0.2, 0) is 0 Å². The maximum Gasteiger partial charge on any atom is 0.338 e. The van der Waals surface area contributed by atoms with Crippen molar-refractivity contribution in [1.29, 1.82) is 0 Å². The molecule has 0 spiro atoms. The van der Waals surface area contributed by atoms with E-state index in [0.717, 1.165) is 10.9 Å². The van der Waals surface area contributed by atoms with Gasteiger partial charge in [-0.05, 0) is 37.9 Å². The molecular formula is C9H4Br2NO2. The Kier molecular flexibility index (Phi) is 2.36. The quantitative estimate of drug-likeness (QED) is 0.848. The Balaban J connectivity index is 2.89. The van der Waals surface area contributed by atoms with Crippen LogP contribution in [0.15, 0.2) is 21.2 Å². The summed E-state index contributed by atoms with van der Waals surface area (Å²) in [7, 11) is 0. The third-order valence-electron chi connectivity index (χ3n) is 1.88. The van der Waals surface area contributed by atoms with Gasteiger partial charge in [0.25, 0.3) is 0 Å². The van der Waals surface area contributed by atoms with E-state index < -0.39 is 5.97 Å². The van der Waals surface area contributed by atoms with Crippen LogP contribution in [0.3, 0.4) is 0 Å². The molecule has 0 aliphatic carbocycles. The Labute approximate surface area is 96.4 Å². The van der Waals surface area contributed by atoms with Crippen LogP contribution in [0, 0.1) is 6.07 Å². The van der Waals surface area contributed by atoms with Gasteiger partial charge in [0.15, 0.2) is 0 Å². The average Bonchev–Trinajstić information content (AvgIpc) is 2.50. The number of nitrogens with one attached hydrogen (secondary N) is 1. The molecule has 1 radical (unpaired) electrons. The van der Waals surface area contributed by atoms with E-state index in [4.69, 9.17) is 5.11 Å². The fourth-order valence-electron chi connectivity index (χ4n) is 1.26. The summed E-state index contributed by atoms with van der Waals surface area (Å²) in [5.41, 5.74) is 1.06. The van der Waals surface area contributed by atoms with Crippen molar-refractivity contribution in [1.82, 2.24) is 4.98 Å². The van der Waals surface area contributed by atoms with E-state index >= 15 is 0 Å². The molecule has 0 atom stereocenters. The Morgan fingerprint density at radius 2 is 2.21 bits per heavy atom. The van der Waals surface area contributed by atoms with E-state index in [9.17, 15) is 4.79 Å². The molecule has 3 nitrogen and oxygen atoms in total. The van der Waals surface area contributed by atoms with Crippen molar-refractivity contribution in [3.05, 3.63) is 32.8 Å². The number of carbonyl (C=O) groups is 1. The SMILES string of the molecule is O=C(O)c1c(Br)cc2[nH]c[c]c2c1Br. The van der Waals surface area contributed by atoms with Gasteiger partial charge in [-0.15, -0.1) is 0 Å².